The van der Waals surface area contributed by atoms with Crippen LogP contribution in [0.15, 0.2) is 24.3 Å². The standard InChI is InChI=1S/C16H17ClN2OS/c17-14-7-11(16(18)20)4-5-12(14)8-19-9-13-6-10-2-1-3-15(10)21-13/h4-7,19H,1-3,8-9H2,(H2,18,20). The lowest BCUT2D eigenvalue weighted by Crippen LogP contribution is -2.14. The van der Waals surface area contributed by atoms with E-state index in [2.05, 4.69) is 11.4 Å². The molecule has 21 heavy (non-hydrogen) atoms. The Kier molecular flexibility index (Phi) is 4.29. The summed E-state index contributed by atoms with van der Waals surface area (Å²) in [6.07, 6.45) is 3.77. The number of rotatable bonds is 5. The molecule has 0 unspecified atom stereocenters. The number of halogens is 1. The van der Waals surface area contributed by atoms with Crippen LogP contribution in [0, 0.1) is 0 Å². The molecule has 0 radical (unpaired) electrons. The van der Waals surface area contributed by atoms with Crippen molar-refractivity contribution in [1.29, 1.82) is 0 Å². The van der Waals surface area contributed by atoms with E-state index in [1.807, 2.05) is 17.4 Å². The first-order chi connectivity index (χ1) is 10.1. The molecule has 0 aliphatic heterocycles. The van der Waals surface area contributed by atoms with Crippen LogP contribution in [0.4, 0.5) is 0 Å². The van der Waals surface area contributed by atoms with Crippen LogP contribution in [0.3, 0.4) is 0 Å². The van der Waals surface area contributed by atoms with Gasteiger partial charge in [-0.2, -0.15) is 0 Å². The van der Waals surface area contributed by atoms with Gasteiger partial charge in [-0.1, -0.05) is 17.7 Å². The Morgan fingerprint density at radius 1 is 1.29 bits per heavy atom. The Bertz CT molecular complexity index is 659. The Balaban J connectivity index is 1.58. The van der Waals surface area contributed by atoms with E-state index < -0.39 is 5.91 Å². The lowest BCUT2D eigenvalue weighted by atomic mass is 10.1. The van der Waals surface area contributed by atoms with Gasteiger partial charge in [0.1, 0.15) is 0 Å². The second kappa shape index (κ2) is 6.18. The van der Waals surface area contributed by atoms with Crippen molar-refractivity contribution in [3.63, 3.8) is 0 Å². The number of carbonyl (C=O) groups excluding carboxylic acids is 1. The Morgan fingerprint density at radius 2 is 2.14 bits per heavy atom. The van der Waals surface area contributed by atoms with Crippen LogP contribution in [0.5, 0.6) is 0 Å². The number of hydrogen-bond acceptors (Lipinski definition) is 3. The maximum atomic E-state index is 11.1. The lowest BCUT2D eigenvalue weighted by molar-refractivity contribution is 0.100. The van der Waals surface area contributed by atoms with Gasteiger partial charge in [-0.25, -0.2) is 0 Å². The molecule has 0 fully saturated rings. The van der Waals surface area contributed by atoms with Crippen molar-refractivity contribution in [3.8, 4) is 0 Å². The van der Waals surface area contributed by atoms with Gasteiger partial charge in [0.2, 0.25) is 5.91 Å². The van der Waals surface area contributed by atoms with E-state index in [1.54, 1.807) is 17.0 Å². The first-order valence-electron chi connectivity index (χ1n) is 7.03. The van der Waals surface area contributed by atoms with E-state index >= 15 is 0 Å². The highest BCUT2D eigenvalue weighted by atomic mass is 35.5. The maximum Gasteiger partial charge on any atom is 0.248 e. The van der Waals surface area contributed by atoms with Gasteiger partial charge in [0.25, 0.3) is 0 Å². The molecule has 3 rings (SSSR count). The highest BCUT2D eigenvalue weighted by molar-refractivity contribution is 7.12. The predicted molar refractivity (Wildman–Crippen MR) is 86.9 cm³/mol. The van der Waals surface area contributed by atoms with Crippen LogP contribution in [0.25, 0.3) is 0 Å². The van der Waals surface area contributed by atoms with E-state index in [0.29, 0.717) is 17.1 Å². The van der Waals surface area contributed by atoms with Crippen molar-refractivity contribution < 1.29 is 4.79 Å². The molecule has 2 aromatic rings. The molecule has 110 valence electrons. The third kappa shape index (κ3) is 3.28. The minimum Gasteiger partial charge on any atom is -0.366 e. The second-order valence-electron chi connectivity index (χ2n) is 5.29. The number of amides is 1. The molecule has 1 amide bonds. The molecule has 1 heterocycles. The van der Waals surface area contributed by atoms with E-state index in [1.165, 1.54) is 29.7 Å². The number of nitrogens with one attached hydrogen (secondary N) is 1. The number of thiophene rings is 1. The summed E-state index contributed by atoms with van der Waals surface area (Å²) in [5.41, 5.74) is 8.18. The molecule has 1 aliphatic rings. The fraction of sp³-hybridized carbons (Fsp3) is 0.312. The van der Waals surface area contributed by atoms with Gasteiger partial charge in [0.15, 0.2) is 0 Å². The lowest BCUT2D eigenvalue weighted by Gasteiger charge is -2.07. The van der Waals surface area contributed by atoms with Crippen LogP contribution < -0.4 is 11.1 Å². The summed E-state index contributed by atoms with van der Waals surface area (Å²) in [6, 6.07) is 7.51. The predicted octanol–water partition coefficient (Wildman–Crippen LogP) is 3.28. The fourth-order valence-electron chi connectivity index (χ4n) is 2.64. The molecule has 3 N–H and O–H groups in total. The minimum atomic E-state index is -0.454. The molecule has 1 aromatic carbocycles. The molecule has 0 bridgehead atoms. The number of nitrogens with two attached hydrogens (primary N) is 1. The van der Waals surface area contributed by atoms with Gasteiger partial charge in [0.05, 0.1) is 0 Å². The number of fused-ring (bicyclic) bond motifs is 1. The average molecular weight is 321 g/mol. The van der Waals surface area contributed by atoms with Crippen LogP contribution in [-0.2, 0) is 25.9 Å². The summed E-state index contributed by atoms with van der Waals surface area (Å²) >= 11 is 8.08. The monoisotopic (exact) mass is 320 g/mol. The van der Waals surface area contributed by atoms with Gasteiger partial charge in [-0.3, -0.25) is 4.79 Å². The van der Waals surface area contributed by atoms with Gasteiger partial charge in [0, 0.05) is 33.4 Å². The van der Waals surface area contributed by atoms with Gasteiger partial charge < -0.3 is 11.1 Å². The molecule has 0 saturated heterocycles. The van der Waals surface area contributed by atoms with Crippen molar-refractivity contribution >= 4 is 28.8 Å². The smallest absolute Gasteiger partial charge is 0.248 e. The number of benzene rings is 1. The molecule has 0 saturated carbocycles. The van der Waals surface area contributed by atoms with Crippen LogP contribution in [-0.4, -0.2) is 5.91 Å². The van der Waals surface area contributed by atoms with Gasteiger partial charge in [-0.05, 0) is 48.6 Å². The van der Waals surface area contributed by atoms with Crippen molar-refractivity contribution in [2.45, 2.75) is 32.4 Å². The molecule has 0 atom stereocenters. The van der Waals surface area contributed by atoms with Crippen LogP contribution in [0.1, 0.15) is 37.7 Å². The third-order valence-corrected chi connectivity index (χ3v) is 5.34. The number of hydrogen-bond donors (Lipinski definition) is 2. The van der Waals surface area contributed by atoms with E-state index in [4.69, 9.17) is 17.3 Å². The molecule has 0 spiro atoms. The van der Waals surface area contributed by atoms with Crippen molar-refractivity contribution in [3.05, 3.63) is 55.7 Å². The Labute approximate surface area is 133 Å². The zero-order chi connectivity index (χ0) is 14.8. The van der Waals surface area contributed by atoms with Crippen molar-refractivity contribution in [2.24, 2.45) is 5.73 Å². The molecule has 3 nitrogen and oxygen atoms in total. The molecular formula is C16H17ClN2OS. The molecule has 1 aromatic heterocycles. The summed E-state index contributed by atoms with van der Waals surface area (Å²) < 4.78 is 0. The number of aryl methyl sites for hydroxylation is 2. The first-order valence-corrected chi connectivity index (χ1v) is 8.22. The third-order valence-electron chi connectivity index (χ3n) is 3.75. The van der Waals surface area contributed by atoms with Crippen molar-refractivity contribution in [2.75, 3.05) is 0 Å². The van der Waals surface area contributed by atoms with Crippen molar-refractivity contribution in [1.82, 2.24) is 5.32 Å². The van der Waals surface area contributed by atoms with Crippen LogP contribution >= 0.6 is 22.9 Å². The second-order valence-corrected chi connectivity index (χ2v) is 6.92. The summed E-state index contributed by atoms with van der Waals surface area (Å²) in [7, 11) is 0. The van der Waals surface area contributed by atoms with Gasteiger partial charge in [-0.15, -0.1) is 11.3 Å². The van der Waals surface area contributed by atoms with E-state index in [-0.39, 0.29) is 0 Å². The average Bonchev–Trinajstić information content (AvgIpc) is 3.01. The quantitative estimate of drug-likeness (QED) is 0.888. The van der Waals surface area contributed by atoms with E-state index in [0.717, 1.165) is 12.1 Å². The summed E-state index contributed by atoms with van der Waals surface area (Å²) in [6.45, 7) is 1.53. The summed E-state index contributed by atoms with van der Waals surface area (Å²) in [5, 5.41) is 3.98. The van der Waals surface area contributed by atoms with Crippen LogP contribution in [0.2, 0.25) is 5.02 Å². The summed E-state index contributed by atoms with van der Waals surface area (Å²) in [4.78, 5) is 14.0. The SMILES string of the molecule is NC(=O)c1ccc(CNCc2cc3c(s2)CCC3)c(Cl)c1. The topological polar surface area (TPSA) is 55.1 Å². The largest absolute Gasteiger partial charge is 0.366 e. The van der Waals surface area contributed by atoms with E-state index in [9.17, 15) is 4.79 Å². The fourth-order valence-corrected chi connectivity index (χ4v) is 4.12. The zero-order valence-electron chi connectivity index (χ0n) is 11.6. The summed E-state index contributed by atoms with van der Waals surface area (Å²) in [5.74, 6) is -0.454. The highest BCUT2D eigenvalue weighted by Gasteiger charge is 2.14. The Hall–Kier alpha value is -1.36. The molecule has 5 heteroatoms. The highest BCUT2D eigenvalue weighted by Crippen LogP contribution is 2.30. The Morgan fingerprint density at radius 3 is 2.86 bits per heavy atom. The molecule has 1 aliphatic carbocycles. The van der Waals surface area contributed by atoms with Gasteiger partial charge >= 0.3 is 0 Å². The number of carbonyl (C=O) groups is 1. The maximum absolute atomic E-state index is 11.1. The minimum absolute atomic E-state index is 0.443. The zero-order valence-corrected chi connectivity index (χ0v) is 13.2. The normalized spacial score (nSPS) is 13.4. The molecular weight excluding hydrogens is 304 g/mol. The first kappa shape index (κ1) is 14.6. The number of primary amides is 1.